The molecular weight excluding hydrogens is 333 g/mol. The SMILES string of the molecule is O=C(NCc1ccccc1Cl)C1CCCN(C(=O)C(F)(F)F)C1. The van der Waals surface area contributed by atoms with Crippen LogP contribution in [-0.4, -0.2) is 36.0 Å². The van der Waals surface area contributed by atoms with E-state index in [-0.39, 0.29) is 25.5 Å². The summed E-state index contributed by atoms with van der Waals surface area (Å²) in [6.45, 7) is 0.00155. The molecule has 0 aliphatic carbocycles. The summed E-state index contributed by atoms with van der Waals surface area (Å²) >= 11 is 5.98. The van der Waals surface area contributed by atoms with Gasteiger partial charge in [0.15, 0.2) is 0 Å². The molecule has 4 nitrogen and oxygen atoms in total. The molecule has 8 heteroatoms. The second kappa shape index (κ2) is 7.21. The van der Waals surface area contributed by atoms with Crippen LogP contribution in [0, 0.1) is 5.92 Å². The van der Waals surface area contributed by atoms with E-state index in [4.69, 9.17) is 11.6 Å². The predicted molar refractivity (Wildman–Crippen MR) is 78.7 cm³/mol. The number of rotatable bonds is 3. The summed E-state index contributed by atoms with van der Waals surface area (Å²) in [6, 6.07) is 6.98. The fraction of sp³-hybridized carbons (Fsp3) is 0.467. The summed E-state index contributed by atoms with van der Waals surface area (Å²) in [5, 5.41) is 3.17. The van der Waals surface area contributed by atoms with Crippen molar-refractivity contribution in [2.24, 2.45) is 5.92 Å². The van der Waals surface area contributed by atoms with Crippen LogP contribution in [0.15, 0.2) is 24.3 Å². The van der Waals surface area contributed by atoms with Gasteiger partial charge in [-0.1, -0.05) is 29.8 Å². The van der Waals surface area contributed by atoms with Gasteiger partial charge in [-0.3, -0.25) is 9.59 Å². The van der Waals surface area contributed by atoms with Crippen molar-refractivity contribution >= 4 is 23.4 Å². The van der Waals surface area contributed by atoms with Crippen LogP contribution >= 0.6 is 11.6 Å². The number of carbonyl (C=O) groups excluding carboxylic acids is 2. The van der Waals surface area contributed by atoms with Crippen molar-refractivity contribution in [3.63, 3.8) is 0 Å². The number of hydrogen-bond donors (Lipinski definition) is 1. The second-order valence-electron chi connectivity index (χ2n) is 5.40. The molecule has 1 aliphatic heterocycles. The largest absolute Gasteiger partial charge is 0.471 e. The van der Waals surface area contributed by atoms with Gasteiger partial charge in [0, 0.05) is 24.7 Å². The molecule has 1 unspecified atom stereocenters. The molecule has 1 aromatic rings. The van der Waals surface area contributed by atoms with Crippen LogP contribution in [0.1, 0.15) is 18.4 Å². The first-order chi connectivity index (χ1) is 10.8. The van der Waals surface area contributed by atoms with Crippen molar-refractivity contribution < 1.29 is 22.8 Å². The standard InChI is InChI=1S/C15H16ClF3N2O2/c16-12-6-2-1-4-10(12)8-20-13(22)11-5-3-7-21(9-11)14(23)15(17,18)19/h1-2,4,6,11H,3,5,7-9H2,(H,20,22). The molecule has 1 N–H and O–H groups in total. The van der Waals surface area contributed by atoms with Gasteiger partial charge >= 0.3 is 12.1 Å². The fourth-order valence-electron chi connectivity index (χ4n) is 2.52. The molecular formula is C15H16ClF3N2O2. The van der Waals surface area contributed by atoms with E-state index >= 15 is 0 Å². The summed E-state index contributed by atoms with van der Waals surface area (Å²) in [6.07, 6.45) is -4.09. The van der Waals surface area contributed by atoms with Gasteiger partial charge < -0.3 is 10.2 Å². The molecule has 0 spiro atoms. The first-order valence-corrected chi connectivity index (χ1v) is 7.54. The predicted octanol–water partition coefficient (Wildman–Crippen LogP) is 2.76. The molecule has 0 radical (unpaired) electrons. The van der Waals surface area contributed by atoms with Gasteiger partial charge in [-0.2, -0.15) is 13.2 Å². The van der Waals surface area contributed by atoms with Crippen LogP contribution in [0.5, 0.6) is 0 Å². The summed E-state index contributed by atoms with van der Waals surface area (Å²) < 4.78 is 37.4. The molecule has 2 rings (SSSR count). The Hall–Kier alpha value is -1.76. The van der Waals surface area contributed by atoms with Crippen LogP contribution in [0.2, 0.25) is 5.02 Å². The van der Waals surface area contributed by atoms with Gasteiger partial charge in [0.1, 0.15) is 0 Å². The maximum absolute atomic E-state index is 12.5. The molecule has 1 heterocycles. The van der Waals surface area contributed by atoms with Crippen molar-refractivity contribution in [3.8, 4) is 0 Å². The minimum absolute atomic E-state index is 0.0205. The number of nitrogens with one attached hydrogen (secondary N) is 1. The Labute approximate surface area is 136 Å². The summed E-state index contributed by atoms with van der Waals surface area (Å²) in [5.74, 6) is -2.90. The van der Waals surface area contributed by atoms with E-state index in [0.717, 1.165) is 5.56 Å². The number of alkyl halides is 3. The minimum atomic E-state index is -4.91. The Kier molecular flexibility index (Phi) is 5.51. The topological polar surface area (TPSA) is 49.4 Å². The third-order valence-electron chi connectivity index (χ3n) is 3.73. The molecule has 1 fully saturated rings. The molecule has 1 aliphatic rings. The molecule has 1 saturated heterocycles. The highest BCUT2D eigenvalue weighted by molar-refractivity contribution is 6.31. The third-order valence-corrected chi connectivity index (χ3v) is 4.10. The van der Waals surface area contributed by atoms with Crippen LogP contribution < -0.4 is 5.32 Å². The van der Waals surface area contributed by atoms with Gasteiger partial charge in [-0.05, 0) is 24.5 Å². The van der Waals surface area contributed by atoms with E-state index in [2.05, 4.69) is 5.32 Å². The highest BCUT2D eigenvalue weighted by Gasteiger charge is 2.44. The van der Waals surface area contributed by atoms with Crippen molar-refractivity contribution in [3.05, 3.63) is 34.9 Å². The van der Waals surface area contributed by atoms with Gasteiger partial charge in [0.25, 0.3) is 0 Å². The zero-order valence-electron chi connectivity index (χ0n) is 12.2. The van der Waals surface area contributed by atoms with Gasteiger partial charge in [0.05, 0.1) is 5.92 Å². The van der Waals surface area contributed by atoms with Crippen LogP contribution in [0.25, 0.3) is 0 Å². The highest BCUT2D eigenvalue weighted by atomic mass is 35.5. The minimum Gasteiger partial charge on any atom is -0.352 e. The molecule has 0 bridgehead atoms. The van der Waals surface area contributed by atoms with E-state index < -0.39 is 18.0 Å². The first-order valence-electron chi connectivity index (χ1n) is 7.16. The summed E-state index contributed by atoms with van der Waals surface area (Å²) in [4.78, 5) is 24.1. The maximum atomic E-state index is 12.5. The fourth-order valence-corrected chi connectivity index (χ4v) is 2.73. The highest BCUT2D eigenvalue weighted by Crippen LogP contribution is 2.24. The van der Waals surface area contributed by atoms with Crippen LogP contribution in [-0.2, 0) is 16.1 Å². The maximum Gasteiger partial charge on any atom is 0.471 e. The van der Waals surface area contributed by atoms with Gasteiger partial charge in [-0.25, -0.2) is 0 Å². The lowest BCUT2D eigenvalue weighted by atomic mass is 9.97. The van der Waals surface area contributed by atoms with E-state index in [1.165, 1.54) is 0 Å². The smallest absolute Gasteiger partial charge is 0.352 e. The third kappa shape index (κ3) is 4.60. The molecule has 23 heavy (non-hydrogen) atoms. The number of halogens is 4. The van der Waals surface area contributed by atoms with Gasteiger partial charge in [-0.15, -0.1) is 0 Å². The zero-order valence-corrected chi connectivity index (χ0v) is 13.0. The van der Waals surface area contributed by atoms with E-state index in [1.54, 1.807) is 24.3 Å². The van der Waals surface area contributed by atoms with Crippen molar-refractivity contribution in [1.82, 2.24) is 10.2 Å². The van der Waals surface area contributed by atoms with Crippen LogP contribution in [0.3, 0.4) is 0 Å². The van der Waals surface area contributed by atoms with E-state index in [1.807, 2.05) is 0 Å². The first kappa shape index (κ1) is 17.6. The molecule has 1 aromatic carbocycles. The molecule has 2 amide bonds. The molecule has 0 aromatic heterocycles. The van der Waals surface area contributed by atoms with Crippen molar-refractivity contribution in [2.45, 2.75) is 25.6 Å². The number of likely N-dealkylation sites (tertiary alicyclic amines) is 1. The second-order valence-corrected chi connectivity index (χ2v) is 5.80. The zero-order chi connectivity index (χ0) is 17.0. The average molecular weight is 349 g/mol. The molecule has 0 saturated carbocycles. The van der Waals surface area contributed by atoms with E-state index in [0.29, 0.717) is 22.8 Å². The Bertz CT molecular complexity index is 592. The lowest BCUT2D eigenvalue weighted by Crippen LogP contribution is -2.49. The molecule has 1 atom stereocenters. The Balaban J connectivity index is 1.92. The number of hydrogen-bond acceptors (Lipinski definition) is 2. The Morgan fingerprint density at radius 2 is 2.00 bits per heavy atom. The number of nitrogens with zero attached hydrogens (tertiary/aromatic N) is 1. The Morgan fingerprint density at radius 3 is 2.65 bits per heavy atom. The summed E-state index contributed by atoms with van der Waals surface area (Å²) in [7, 11) is 0. The number of carbonyl (C=O) groups is 2. The van der Waals surface area contributed by atoms with Crippen molar-refractivity contribution in [2.75, 3.05) is 13.1 Å². The quantitative estimate of drug-likeness (QED) is 0.913. The van der Waals surface area contributed by atoms with Crippen LogP contribution in [0.4, 0.5) is 13.2 Å². The number of amides is 2. The monoisotopic (exact) mass is 348 g/mol. The Morgan fingerprint density at radius 1 is 1.30 bits per heavy atom. The van der Waals surface area contributed by atoms with Gasteiger partial charge in [0.2, 0.25) is 5.91 Å². The number of piperidine rings is 1. The van der Waals surface area contributed by atoms with E-state index in [9.17, 15) is 22.8 Å². The summed E-state index contributed by atoms with van der Waals surface area (Å²) in [5.41, 5.74) is 0.724. The normalized spacial score (nSPS) is 18.6. The average Bonchev–Trinajstić information content (AvgIpc) is 2.52. The number of benzene rings is 1. The lowest BCUT2D eigenvalue weighted by molar-refractivity contribution is -0.187. The van der Waals surface area contributed by atoms with Crippen molar-refractivity contribution in [1.29, 1.82) is 0 Å². The molecule has 126 valence electrons. The lowest BCUT2D eigenvalue weighted by Gasteiger charge is -2.32.